The number of nitrogens with zero attached hydrogens (tertiary/aromatic N) is 2. The number of nitrogens with two attached hydrogens (primary N) is 1. The molecule has 0 atom stereocenters. The largest absolute Gasteiger partial charge is 0.495 e. The summed E-state index contributed by atoms with van der Waals surface area (Å²) in [4.78, 5) is 4.70. The third-order valence-electron chi connectivity index (χ3n) is 3.54. The number of methoxy groups -OCH3 is 1. The third kappa shape index (κ3) is 3.08. The van der Waals surface area contributed by atoms with Gasteiger partial charge in [-0.3, -0.25) is 0 Å². The summed E-state index contributed by atoms with van der Waals surface area (Å²) in [6.07, 6.45) is 3.93. The van der Waals surface area contributed by atoms with Crippen LogP contribution in [0.3, 0.4) is 0 Å². The van der Waals surface area contributed by atoms with Crippen LogP contribution in [0.1, 0.15) is 13.8 Å². The van der Waals surface area contributed by atoms with Gasteiger partial charge >= 0.3 is 0 Å². The van der Waals surface area contributed by atoms with Gasteiger partial charge in [0.05, 0.1) is 25.1 Å². The van der Waals surface area contributed by atoms with Crippen LogP contribution in [-0.4, -0.2) is 23.1 Å². The Hall–Kier alpha value is -2.69. The van der Waals surface area contributed by atoms with Gasteiger partial charge in [0, 0.05) is 18.0 Å². The van der Waals surface area contributed by atoms with E-state index >= 15 is 0 Å². The molecule has 0 bridgehead atoms. The molecule has 23 heavy (non-hydrogen) atoms. The average molecular weight is 311 g/mol. The maximum absolute atomic E-state index is 5.99. The van der Waals surface area contributed by atoms with Crippen LogP contribution in [0.5, 0.6) is 11.5 Å². The Balaban J connectivity index is 1.99. The lowest BCUT2D eigenvalue weighted by atomic mass is 10.1. The first-order valence-corrected chi connectivity index (χ1v) is 7.63. The van der Waals surface area contributed by atoms with Gasteiger partial charge in [-0.05, 0) is 36.2 Å². The zero-order valence-corrected chi connectivity index (χ0v) is 13.6. The standard InChI is InChI=1S/C18H21N3O2/c1-12(2)11-23-17-5-4-8-21-10-15(20-18(17)21)13-6-7-16(22-3)14(19)9-13/h4-10,12H,11,19H2,1-3H3. The number of ether oxygens (including phenoxy) is 2. The highest BCUT2D eigenvalue weighted by molar-refractivity contribution is 5.71. The Labute approximate surface area is 135 Å². The van der Waals surface area contributed by atoms with Crippen molar-refractivity contribution in [3.8, 4) is 22.8 Å². The second-order valence-corrected chi connectivity index (χ2v) is 5.89. The number of hydrogen-bond acceptors (Lipinski definition) is 4. The lowest BCUT2D eigenvalue weighted by Gasteiger charge is -2.08. The van der Waals surface area contributed by atoms with Crippen LogP contribution in [0.2, 0.25) is 0 Å². The lowest BCUT2D eigenvalue weighted by Crippen LogP contribution is -2.05. The molecule has 0 amide bonds. The molecule has 0 saturated carbocycles. The Morgan fingerprint density at radius 1 is 1.22 bits per heavy atom. The molecule has 0 saturated heterocycles. The summed E-state index contributed by atoms with van der Waals surface area (Å²) in [6.45, 7) is 4.91. The van der Waals surface area contributed by atoms with Crippen LogP contribution in [-0.2, 0) is 0 Å². The molecule has 3 rings (SSSR count). The smallest absolute Gasteiger partial charge is 0.180 e. The van der Waals surface area contributed by atoms with Crippen molar-refractivity contribution in [2.24, 2.45) is 5.92 Å². The Kier molecular flexibility index (Phi) is 4.10. The van der Waals surface area contributed by atoms with Gasteiger partial charge in [-0.15, -0.1) is 0 Å². The molecule has 0 aliphatic heterocycles. The molecule has 120 valence electrons. The van der Waals surface area contributed by atoms with Gasteiger partial charge in [0.15, 0.2) is 11.4 Å². The number of imidazole rings is 1. The fraction of sp³-hybridized carbons (Fsp3) is 0.278. The van der Waals surface area contributed by atoms with E-state index in [2.05, 4.69) is 13.8 Å². The van der Waals surface area contributed by atoms with Crippen molar-refractivity contribution in [2.75, 3.05) is 19.5 Å². The number of nitrogen functional groups attached to an aromatic ring is 1. The Morgan fingerprint density at radius 2 is 2.04 bits per heavy atom. The predicted molar refractivity (Wildman–Crippen MR) is 91.9 cm³/mol. The van der Waals surface area contributed by atoms with Crippen LogP contribution in [0, 0.1) is 5.92 Å². The van der Waals surface area contributed by atoms with Crippen molar-refractivity contribution in [1.82, 2.24) is 9.38 Å². The number of pyridine rings is 1. The Bertz CT molecular complexity index is 824. The molecular weight excluding hydrogens is 290 g/mol. The minimum absolute atomic E-state index is 0.464. The summed E-state index contributed by atoms with van der Waals surface area (Å²) in [5.41, 5.74) is 9.18. The lowest BCUT2D eigenvalue weighted by molar-refractivity contribution is 0.272. The molecule has 0 unspecified atom stereocenters. The van der Waals surface area contributed by atoms with E-state index < -0.39 is 0 Å². The van der Waals surface area contributed by atoms with Crippen LogP contribution in [0.15, 0.2) is 42.7 Å². The molecule has 0 radical (unpaired) electrons. The van der Waals surface area contributed by atoms with E-state index in [1.165, 1.54) is 0 Å². The van der Waals surface area contributed by atoms with E-state index in [4.69, 9.17) is 20.2 Å². The van der Waals surface area contributed by atoms with Gasteiger partial charge in [0.2, 0.25) is 0 Å². The highest BCUT2D eigenvalue weighted by Crippen LogP contribution is 2.29. The second kappa shape index (κ2) is 6.20. The van der Waals surface area contributed by atoms with Gasteiger partial charge in [-0.25, -0.2) is 4.98 Å². The van der Waals surface area contributed by atoms with Crippen molar-refractivity contribution < 1.29 is 9.47 Å². The molecule has 0 spiro atoms. The minimum atomic E-state index is 0.464. The monoisotopic (exact) mass is 311 g/mol. The first kappa shape index (κ1) is 15.2. The van der Waals surface area contributed by atoms with Crippen molar-refractivity contribution >= 4 is 11.3 Å². The summed E-state index contributed by atoms with van der Waals surface area (Å²) in [5.74, 6) is 1.92. The molecule has 2 N–H and O–H groups in total. The third-order valence-corrected chi connectivity index (χ3v) is 3.54. The van der Waals surface area contributed by atoms with Crippen molar-refractivity contribution in [3.63, 3.8) is 0 Å². The predicted octanol–water partition coefficient (Wildman–Crippen LogP) is 3.63. The number of aromatic nitrogens is 2. The Morgan fingerprint density at radius 3 is 2.74 bits per heavy atom. The van der Waals surface area contributed by atoms with E-state index in [0.29, 0.717) is 24.0 Å². The van der Waals surface area contributed by atoms with Gasteiger partial charge in [-0.2, -0.15) is 0 Å². The summed E-state index contributed by atoms with van der Waals surface area (Å²) in [7, 11) is 1.61. The fourth-order valence-electron chi connectivity index (χ4n) is 2.39. The van der Waals surface area contributed by atoms with E-state index in [-0.39, 0.29) is 0 Å². The van der Waals surface area contributed by atoms with Crippen molar-refractivity contribution in [2.45, 2.75) is 13.8 Å². The number of rotatable bonds is 5. The first-order chi connectivity index (χ1) is 11.1. The molecule has 5 heteroatoms. The zero-order chi connectivity index (χ0) is 16.4. The van der Waals surface area contributed by atoms with E-state index in [0.717, 1.165) is 22.7 Å². The normalized spacial score (nSPS) is 11.1. The highest BCUT2D eigenvalue weighted by atomic mass is 16.5. The van der Waals surface area contributed by atoms with Gasteiger partial charge in [0.1, 0.15) is 5.75 Å². The van der Waals surface area contributed by atoms with E-state index in [9.17, 15) is 0 Å². The van der Waals surface area contributed by atoms with Gasteiger partial charge in [-0.1, -0.05) is 13.8 Å². The van der Waals surface area contributed by atoms with Crippen LogP contribution >= 0.6 is 0 Å². The van der Waals surface area contributed by atoms with Crippen LogP contribution in [0.4, 0.5) is 5.69 Å². The molecular formula is C18H21N3O2. The van der Waals surface area contributed by atoms with Gasteiger partial charge in [0.25, 0.3) is 0 Å². The maximum atomic E-state index is 5.99. The summed E-state index contributed by atoms with van der Waals surface area (Å²) in [5, 5.41) is 0. The number of fused-ring (bicyclic) bond motifs is 1. The van der Waals surface area contributed by atoms with Crippen LogP contribution < -0.4 is 15.2 Å². The zero-order valence-electron chi connectivity index (χ0n) is 13.6. The molecule has 2 heterocycles. The van der Waals surface area contributed by atoms with E-state index in [1.807, 2.05) is 47.1 Å². The SMILES string of the molecule is COc1ccc(-c2cn3cccc(OCC(C)C)c3n2)cc1N. The average Bonchev–Trinajstić information content (AvgIpc) is 2.97. The molecule has 0 aliphatic carbocycles. The molecule has 5 nitrogen and oxygen atoms in total. The van der Waals surface area contributed by atoms with Gasteiger partial charge < -0.3 is 19.6 Å². The first-order valence-electron chi connectivity index (χ1n) is 7.63. The van der Waals surface area contributed by atoms with Crippen molar-refractivity contribution in [1.29, 1.82) is 0 Å². The maximum Gasteiger partial charge on any atom is 0.180 e. The van der Waals surface area contributed by atoms with Crippen molar-refractivity contribution in [3.05, 3.63) is 42.7 Å². The van der Waals surface area contributed by atoms with Crippen LogP contribution in [0.25, 0.3) is 16.9 Å². The number of hydrogen-bond donors (Lipinski definition) is 1. The van der Waals surface area contributed by atoms with E-state index in [1.54, 1.807) is 7.11 Å². The topological polar surface area (TPSA) is 61.8 Å². The molecule has 3 aromatic rings. The number of anilines is 1. The summed E-state index contributed by atoms with van der Waals surface area (Å²) >= 11 is 0. The molecule has 1 aromatic carbocycles. The highest BCUT2D eigenvalue weighted by Gasteiger charge is 2.11. The molecule has 0 fully saturated rings. The number of benzene rings is 1. The fourth-order valence-corrected chi connectivity index (χ4v) is 2.39. The second-order valence-electron chi connectivity index (χ2n) is 5.89. The quantitative estimate of drug-likeness (QED) is 0.731. The molecule has 0 aliphatic rings. The summed E-state index contributed by atoms with van der Waals surface area (Å²) < 4.78 is 13.0. The summed E-state index contributed by atoms with van der Waals surface area (Å²) in [6, 6.07) is 9.57. The minimum Gasteiger partial charge on any atom is -0.495 e. The molecule has 2 aromatic heterocycles.